The second-order valence-electron chi connectivity index (χ2n) is 4.76. The average molecular weight is 283 g/mol. The van der Waals surface area contributed by atoms with Gasteiger partial charge in [-0.25, -0.2) is 4.79 Å². The van der Waals surface area contributed by atoms with E-state index in [9.17, 15) is 4.79 Å². The number of halogens is 1. The fourth-order valence-electron chi connectivity index (χ4n) is 2.17. The SMILES string of the molecule is O=C(NCC[C@H]1CCCOC1)Nc1cccc(Cl)c1. The lowest BCUT2D eigenvalue weighted by molar-refractivity contribution is 0.0520. The van der Waals surface area contributed by atoms with Crippen molar-refractivity contribution in [1.82, 2.24) is 5.32 Å². The van der Waals surface area contributed by atoms with Crippen molar-refractivity contribution in [1.29, 1.82) is 0 Å². The molecule has 2 N–H and O–H groups in total. The molecule has 1 fully saturated rings. The summed E-state index contributed by atoms with van der Waals surface area (Å²) in [6.45, 7) is 2.36. The highest BCUT2D eigenvalue weighted by atomic mass is 35.5. The van der Waals surface area contributed by atoms with Gasteiger partial charge in [-0.15, -0.1) is 0 Å². The Kier molecular flexibility index (Phi) is 5.48. The van der Waals surface area contributed by atoms with E-state index < -0.39 is 0 Å². The number of ether oxygens (including phenoxy) is 1. The Morgan fingerprint density at radius 3 is 3.11 bits per heavy atom. The molecule has 2 rings (SSSR count). The summed E-state index contributed by atoms with van der Waals surface area (Å²) in [5.74, 6) is 0.570. The Hall–Kier alpha value is -1.26. The molecule has 4 nitrogen and oxygen atoms in total. The molecule has 1 heterocycles. The minimum atomic E-state index is -0.195. The first-order valence-electron chi connectivity index (χ1n) is 6.62. The van der Waals surface area contributed by atoms with Crippen molar-refractivity contribution in [3.8, 4) is 0 Å². The topological polar surface area (TPSA) is 50.4 Å². The Morgan fingerprint density at radius 1 is 1.47 bits per heavy atom. The molecule has 0 aromatic heterocycles. The molecule has 0 spiro atoms. The molecule has 0 radical (unpaired) electrons. The molecule has 1 aromatic rings. The minimum absolute atomic E-state index is 0.195. The lowest BCUT2D eigenvalue weighted by Crippen LogP contribution is -2.31. The highest BCUT2D eigenvalue weighted by Gasteiger charge is 2.13. The second-order valence-corrected chi connectivity index (χ2v) is 5.20. The van der Waals surface area contributed by atoms with Crippen LogP contribution in [-0.2, 0) is 4.74 Å². The van der Waals surface area contributed by atoms with E-state index in [2.05, 4.69) is 10.6 Å². The van der Waals surface area contributed by atoms with Crippen molar-refractivity contribution in [3.63, 3.8) is 0 Å². The first-order valence-corrected chi connectivity index (χ1v) is 7.00. The maximum atomic E-state index is 11.7. The van der Waals surface area contributed by atoms with Crippen molar-refractivity contribution < 1.29 is 9.53 Å². The molecule has 5 heteroatoms. The van der Waals surface area contributed by atoms with E-state index >= 15 is 0 Å². The van der Waals surface area contributed by atoms with Gasteiger partial charge in [-0.2, -0.15) is 0 Å². The number of carbonyl (C=O) groups is 1. The van der Waals surface area contributed by atoms with Gasteiger partial charge >= 0.3 is 6.03 Å². The number of carbonyl (C=O) groups excluding carboxylic acids is 1. The molecule has 19 heavy (non-hydrogen) atoms. The normalized spacial score (nSPS) is 18.9. The van der Waals surface area contributed by atoms with Crippen LogP contribution in [0.25, 0.3) is 0 Å². The van der Waals surface area contributed by atoms with Crippen LogP contribution in [-0.4, -0.2) is 25.8 Å². The molecule has 104 valence electrons. The first-order chi connectivity index (χ1) is 9.24. The van der Waals surface area contributed by atoms with Gasteiger partial charge in [-0.05, 0) is 43.4 Å². The first kappa shape index (κ1) is 14.2. The minimum Gasteiger partial charge on any atom is -0.381 e. The molecular weight excluding hydrogens is 264 g/mol. The van der Waals surface area contributed by atoms with Crippen LogP contribution < -0.4 is 10.6 Å². The molecule has 1 atom stereocenters. The zero-order valence-corrected chi connectivity index (χ0v) is 11.6. The highest BCUT2D eigenvalue weighted by molar-refractivity contribution is 6.30. The van der Waals surface area contributed by atoms with Gasteiger partial charge in [0.05, 0.1) is 0 Å². The lowest BCUT2D eigenvalue weighted by atomic mass is 9.99. The van der Waals surface area contributed by atoms with Crippen molar-refractivity contribution in [2.75, 3.05) is 25.1 Å². The zero-order chi connectivity index (χ0) is 13.5. The standard InChI is InChI=1S/C14H19ClN2O2/c15-12-4-1-5-13(9-12)17-14(18)16-7-6-11-3-2-8-19-10-11/h1,4-5,9,11H,2-3,6-8,10H2,(H2,16,17,18)/t11-/m1/s1. The molecule has 1 aliphatic heterocycles. The maximum absolute atomic E-state index is 11.7. The van der Waals surface area contributed by atoms with Gasteiger partial charge in [0.25, 0.3) is 0 Å². The van der Waals surface area contributed by atoms with Crippen LogP contribution in [0.3, 0.4) is 0 Å². The second kappa shape index (κ2) is 7.36. The fourth-order valence-corrected chi connectivity index (χ4v) is 2.36. The van der Waals surface area contributed by atoms with Gasteiger partial charge < -0.3 is 15.4 Å². The van der Waals surface area contributed by atoms with Crippen molar-refractivity contribution in [2.24, 2.45) is 5.92 Å². The summed E-state index contributed by atoms with van der Waals surface area (Å²) in [5.41, 5.74) is 0.700. The quantitative estimate of drug-likeness (QED) is 0.890. The third kappa shape index (κ3) is 5.09. The highest BCUT2D eigenvalue weighted by Crippen LogP contribution is 2.16. The Labute approximate surface area is 118 Å². The molecule has 0 saturated carbocycles. The molecule has 1 aromatic carbocycles. The fraction of sp³-hybridized carbons (Fsp3) is 0.500. The van der Waals surface area contributed by atoms with Crippen molar-refractivity contribution in [3.05, 3.63) is 29.3 Å². The monoisotopic (exact) mass is 282 g/mol. The molecule has 1 saturated heterocycles. The number of hydrogen-bond donors (Lipinski definition) is 2. The van der Waals surface area contributed by atoms with Crippen LogP contribution in [0, 0.1) is 5.92 Å². The van der Waals surface area contributed by atoms with Gasteiger partial charge in [-0.3, -0.25) is 0 Å². The molecule has 0 unspecified atom stereocenters. The summed E-state index contributed by atoms with van der Waals surface area (Å²) < 4.78 is 5.41. The van der Waals surface area contributed by atoms with E-state index in [4.69, 9.17) is 16.3 Å². The number of nitrogens with one attached hydrogen (secondary N) is 2. The summed E-state index contributed by atoms with van der Waals surface area (Å²) in [6, 6.07) is 6.90. The van der Waals surface area contributed by atoms with E-state index in [1.54, 1.807) is 24.3 Å². The number of hydrogen-bond acceptors (Lipinski definition) is 2. The summed E-state index contributed by atoms with van der Waals surface area (Å²) in [7, 11) is 0. The van der Waals surface area contributed by atoms with Crippen LogP contribution in [0.15, 0.2) is 24.3 Å². The predicted molar refractivity (Wildman–Crippen MR) is 76.6 cm³/mol. The van der Waals surface area contributed by atoms with Crippen LogP contribution in [0.1, 0.15) is 19.3 Å². The maximum Gasteiger partial charge on any atom is 0.319 e. The number of rotatable bonds is 4. The van der Waals surface area contributed by atoms with Crippen molar-refractivity contribution >= 4 is 23.3 Å². The Balaban J connectivity index is 1.67. The largest absolute Gasteiger partial charge is 0.381 e. The number of urea groups is 1. The van der Waals surface area contributed by atoms with Crippen molar-refractivity contribution in [2.45, 2.75) is 19.3 Å². The van der Waals surface area contributed by atoms with E-state index in [0.29, 0.717) is 23.2 Å². The zero-order valence-electron chi connectivity index (χ0n) is 10.8. The summed E-state index contributed by atoms with van der Waals surface area (Å²) in [6.07, 6.45) is 3.28. The smallest absolute Gasteiger partial charge is 0.319 e. The Morgan fingerprint density at radius 2 is 2.37 bits per heavy atom. The average Bonchev–Trinajstić information content (AvgIpc) is 2.40. The van der Waals surface area contributed by atoms with Gasteiger partial charge in [0.2, 0.25) is 0 Å². The number of anilines is 1. The molecule has 0 aliphatic carbocycles. The van der Waals surface area contributed by atoms with E-state index in [-0.39, 0.29) is 6.03 Å². The molecular formula is C14H19ClN2O2. The molecule has 2 amide bonds. The lowest BCUT2D eigenvalue weighted by Gasteiger charge is -2.21. The molecule has 0 bridgehead atoms. The van der Waals surface area contributed by atoms with Gasteiger partial charge in [0.1, 0.15) is 0 Å². The van der Waals surface area contributed by atoms with Crippen LogP contribution >= 0.6 is 11.6 Å². The van der Waals surface area contributed by atoms with Gasteiger partial charge in [0, 0.05) is 30.5 Å². The van der Waals surface area contributed by atoms with E-state index in [1.807, 2.05) is 0 Å². The summed E-state index contributed by atoms with van der Waals surface area (Å²) in [4.78, 5) is 11.7. The predicted octanol–water partition coefficient (Wildman–Crippen LogP) is 3.28. The summed E-state index contributed by atoms with van der Waals surface area (Å²) >= 11 is 5.85. The van der Waals surface area contributed by atoms with Gasteiger partial charge in [-0.1, -0.05) is 17.7 Å². The van der Waals surface area contributed by atoms with Crippen LogP contribution in [0.4, 0.5) is 10.5 Å². The van der Waals surface area contributed by atoms with Crippen LogP contribution in [0.5, 0.6) is 0 Å². The third-order valence-corrected chi connectivity index (χ3v) is 3.41. The number of amides is 2. The van der Waals surface area contributed by atoms with Crippen LogP contribution in [0.2, 0.25) is 5.02 Å². The Bertz CT molecular complexity index is 420. The van der Waals surface area contributed by atoms with E-state index in [1.165, 1.54) is 6.42 Å². The third-order valence-electron chi connectivity index (χ3n) is 3.18. The van der Waals surface area contributed by atoms with Gasteiger partial charge in [0.15, 0.2) is 0 Å². The number of benzene rings is 1. The van der Waals surface area contributed by atoms with E-state index in [0.717, 1.165) is 26.1 Å². The molecule has 1 aliphatic rings. The summed E-state index contributed by atoms with van der Waals surface area (Å²) in [5, 5.41) is 6.21.